The van der Waals surface area contributed by atoms with Crippen molar-refractivity contribution in [3.8, 4) is 0 Å². The van der Waals surface area contributed by atoms with Gasteiger partial charge in [-0.05, 0) is 72.6 Å². The molecule has 2 aliphatic rings. The molecule has 0 unspecified atom stereocenters. The van der Waals surface area contributed by atoms with Gasteiger partial charge in [-0.25, -0.2) is 9.59 Å². The van der Waals surface area contributed by atoms with Crippen molar-refractivity contribution in [2.24, 2.45) is 34.4 Å². The molecule has 2 heterocycles. The number of esters is 1. The number of carbonyl (C=O) groups excluding carboxylic acids is 3. The van der Waals surface area contributed by atoms with Gasteiger partial charge in [-0.15, -0.1) is 0 Å². The number of nitrogens with one attached hydrogen (secondary N) is 3. The van der Waals surface area contributed by atoms with E-state index in [0.29, 0.717) is 39.0 Å². The second-order valence-electron chi connectivity index (χ2n) is 16.0. The summed E-state index contributed by atoms with van der Waals surface area (Å²) in [4.78, 5) is 42.6. The molecule has 3 amide bonds. The van der Waals surface area contributed by atoms with Gasteiger partial charge < -0.3 is 50.3 Å². The van der Waals surface area contributed by atoms with Crippen LogP contribution in [0.1, 0.15) is 121 Å². The first-order valence-corrected chi connectivity index (χ1v) is 19.6. The number of rotatable bonds is 13. The maximum atomic E-state index is 14.0. The van der Waals surface area contributed by atoms with Gasteiger partial charge >= 0.3 is 18.1 Å². The Balaban J connectivity index is 2.25. The molecule has 2 saturated heterocycles. The number of cyclic esters (lactones) is 1. The second-order valence-corrected chi connectivity index (χ2v) is 16.0. The fraction of sp³-hybridized carbons (Fsp3) is 0.895. The van der Waals surface area contributed by atoms with E-state index in [2.05, 4.69) is 20.9 Å². The number of amides is 3. The van der Waals surface area contributed by atoms with Crippen LogP contribution >= 0.6 is 0 Å². The standard InChI is InChI=1S/C38H71N5O10/c1-12-21-49-30-25(5)29(51-35(46)42-20-18-16-14-15-17-19-41-33(39)43-34(45)40-11)26(6)32(44)50-27(13-2)38(10,48)31-24(4)28(52-36(7,8)53-31)23(3)22-37(30,9)47/h23-31,47-48H,12-22H2,1-11H3,(H,42,46)(H4,39,40,41,43,45)/t23-,24+,25+,26-,27-,28+,29+,30-,31-,37-,38-/m1/s1. The van der Waals surface area contributed by atoms with Gasteiger partial charge in [0.15, 0.2) is 11.7 Å². The largest absolute Gasteiger partial charge is 0.459 e. The molecule has 2 bridgehead atoms. The SMILES string of the molecule is CCCO[C@@H]1[C@@H](C)[C@H](OC(=O)NCCCCCCCN=C(N)NC(=O)NC)[C@@H](C)C(=O)O[C@H](CC)[C@@](C)(O)[C@@H]2OC(C)(C)O[C@H]([C@@H]2C)[C@H](C)C[C@@]1(C)O. The Morgan fingerprint density at radius 2 is 1.62 bits per heavy atom. The number of nitrogens with two attached hydrogens (primary N) is 1. The molecule has 11 atom stereocenters. The van der Waals surface area contributed by atoms with E-state index in [1.807, 2.05) is 34.6 Å². The van der Waals surface area contributed by atoms with Crippen molar-refractivity contribution in [2.45, 2.75) is 168 Å². The molecule has 0 aromatic carbocycles. The summed E-state index contributed by atoms with van der Waals surface area (Å²) < 4.78 is 31.2. The lowest BCUT2D eigenvalue weighted by Crippen LogP contribution is -2.64. The van der Waals surface area contributed by atoms with E-state index >= 15 is 0 Å². The van der Waals surface area contributed by atoms with Crippen LogP contribution in [0.25, 0.3) is 0 Å². The summed E-state index contributed by atoms with van der Waals surface area (Å²) in [6.45, 7) is 19.4. The number of guanidine groups is 1. The van der Waals surface area contributed by atoms with Crippen LogP contribution in [0.5, 0.6) is 0 Å². The molecule has 7 N–H and O–H groups in total. The van der Waals surface area contributed by atoms with Crippen molar-refractivity contribution in [3.05, 3.63) is 0 Å². The molecule has 2 rings (SSSR count). The highest BCUT2D eigenvalue weighted by molar-refractivity contribution is 5.95. The predicted molar refractivity (Wildman–Crippen MR) is 202 cm³/mol. The number of ether oxygens (including phenoxy) is 5. The predicted octanol–water partition coefficient (Wildman–Crippen LogP) is 4.36. The Labute approximate surface area is 317 Å². The van der Waals surface area contributed by atoms with E-state index in [4.69, 9.17) is 29.4 Å². The quantitative estimate of drug-likeness (QED) is 0.0672. The van der Waals surface area contributed by atoms with Gasteiger partial charge in [0.05, 0.1) is 29.8 Å². The van der Waals surface area contributed by atoms with Crippen LogP contribution in [0, 0.1) is 23.7 Å². The average Bonchev–Trinajstić information content (AvgIpc) is 3.08. The summed E-state index contributed by atoms with van der Waals surface area (Å²) in [6, 6.07) is -0.421. The van der Waals surface area contributed by atoms with Crippen LogP contribution in [0.2, 0.25) is 0 Å². The second kappa shape index (κ2) is 20.8. The molecule has 0 aromatic heterocycles. The molecule has 0 aromatic rings. The summed E-state index contributed by atoms with van der Waals surface area (Å²) in [5.41, 5.74) is 2.65. The first-order valence-electron chi connectivity index (χ1n) is 19.6. The lowest BCUT2D eigenvalue weighted by atomic mass is 9.72. The molecular formula is C38H71N5O10. The molecule has 2 fully saturated rings. The van der Waals surface area contributed by atoms with Crippen molar-refractivity contribution in [1.82, 2.24) is 16.0 Å². The molecule has 0 spiro atoms. The van der Waals surface area contributed by atoms with Gasteiger partial charge in [-0.1, -0.05) is 53.9 Å². The van der Waals surface area contributed by atoms with Crippen molar-refractivity contribution in [3.63, 3.8) is 0 Å². The molecule has 53 heavy (non-hydrogen) atoms. The minimum absolute atomic E-state index is 0.0696. The van der Waals surface area contributed by atoms with Crippen LogP contribution in [-0.4, -0.2) is 109 Å². The molecule has 15 nitrogen and oxygen atoms in total. The van der Waals surface area contributed by atoms with Crippen LogP contribution < -0.4 is 21.7 Å². The molecule has 15 heteroatoms. The average molecular weight is 758 g/mol. The molecule has 0 aliphatic carbocycles. The van der Waals surface area contributed by atoms with Gasteiger partial charge in [0.2, 0.25) is 0 Å². The van der Waals surface area contributed by atoms with Crippen molar-refractivity contribution in [2.75, 3.05) is 26.7 Å². The topological polar surface area (TPSA) is 212 Å². The van der Waals surface area contributed by atoms with Gasteiger partial charge in [0.25, 0.3) is 0 Å². The molecule has 0 saturated carbocycles. The number of carbonyl (C=O) groups is 3. The zero-order valence-electron chi connectivity index (χ0n) is 34.2. The van der Waals surface area contributed by atoms with Gasteiger partial charge in [0, 0.05) is 38.6 Å². The highest BCUT2D eigenvalue weighted by Crippen LogP contribution is 2.44. The third-order valence-electron chi connectivity index (χ3n) is 10.6. The lowest BCUT2D eigenvalue weighted by molar-refractivity contribution is -0.359. The first kappa shape index (κ1) is 46.4. The summed E-state index contributed by atoms with van der Waals surface area (Å²) in [6.07, 6.45) is 0.820. The monoisotopic (exact) mass is 758 g/mol. The van der Waals surface area contributed by atoms with Crippen molar-refractivity contribution in [1.29, 1.82) is 0 Å². The smallest absolute Gasteiger partial charge is 0.407 e. The van der Waals surface area contributed by atoms with Crippen molar-refractivity contribution < 1.29 is 48.3 Å². The van der Waals surface area contributed by atoms with Crippen LogP contribution in [0.15, 0.2) is 4.99 Å². The van der Waals surface area contributed by atoms with Gasteiger partial charge in [-0.2, -0.15) is 0 Å². The van der Waals surface area contributed by atoms with E-state index in [9.17, 15) is 24.6 Å². The van der Waals surface area contributed by atoms with Gasteiger partial charge in [-0.3, -0.25) is 15.1 Å². The molecule has 308 valence electrons. The van der Waals surface area contributed by atoms with Crippen LogP contribution in [0.4, 0.5) is 9.59 Å². The summed E-state index contributed by atoms with van der Waals surface area (Å²) >= 11 is 0. The zero-order valence-corrected chi connectivity index (χ0v) is 34.2. The van der Waals surface area contributed by atoms with E-state index in [-0.39, 0.29) is 24.2 Å². The lowest BCUT2D eigenvalue weighted by Gasteiger charge is -2.53. The fourth-order valence-electron chi connectivity index (χ4n) is 7.92. The number of fused-ring (bicyclic) bond motifs is 2. The Kier molecular flexibility index (Phi) is 18.2. The normalized spacial score (nSPS) is 35.4. The summed E-state index contributed by atoms with van der Waals surface area (Å²) in [5, 5.41) is 31.9. The Bertz CT molecular complexity index is 1200. The minimum Gasteiger partial charge on any atom is -0.459 e. The summed E-state index contributed by atoms with van der Waals surface area (Å²) in [7, 11) is 1.49. The molecule has 0 radical (unpaired) electrons. The van der Waals surface area contributed by atoms with E-state index in [0.717, 1.165) is 25.7 Å². The maximum absolute atomic E-state index is 14.0. The fourth-order valence-corrected chi connectivity index (χ4v) is 7.92. The van der Waals surface area contributed by atoms with Crippen molar-refractivity contribution >= 4 is 24.1 Å². The summed E-state index contributed by atoms with van der Waals surface area (Å²) in [5.74, 6) is -3.75. The third-order valence-corrected chi connectivity index (χ3v) is 10.6. The number of unbranched alkanes of at least 4 members (excludes halogenated alkanes) is 4. The maximum Gasteiger partial charge on any atom is 0.407 e. The van der Waals surface area contributed by atoms with E-state index in [1.54, 1.807) is 34.6 Å². The molecule has 2 aliphatic heterocycles. The highest BCUT2D eigenvalue weighted by Gasteiger charge is 2.55. The Morgan fingerprint density at radius 3 is 2.25 bits per heavy atom. The first-order chi connectivity index (χ1) is 24.7. The number of hydrogen-bond acceptors (Lipinski definition) is 11. The minimum atomic E-state index is -1.59. The van der Waals surface area contributed by atoms with Gasteiger partial charge in [0.1, 0.15) is 17.8 Å². The number of nitrogens with zero attached hydrogens (tertiary/aromatic N) is 1. The Hall–Kier alpha value is -2.72. The third kappa shape index (κ3) is 13.5. The number of aliphatic imine (C=N–C) groups is 1. The molecular weight excluding hydrogens is 686 g/mol. The zero-order chi connectivity index (χ0) is 40.1. The Morgan fingerprint density at radius 1 is 0.981 bits per heavy atom. The van der Waals surface area contributed by atoms with E-state index < -0.39 is 77.4 Å². The van der Waals surface area contributed by atoms with Crippen LogP contribution in [-0.2, 0) is 28.5 Å². The van der Waals surface area contributed by atoms with Crippen LogP contribution in [0.3, 0.4) is 0 Å². The number of urea groups is 1. The van der Waals surface area contributed by atoms with E-state index in [1.165, 1.54) is 7.05 Å². The highest BCUT2D eigenvalue weighted by atomic mass is 16.7. The number of hydrogen-bond donors (Lipinski definition) is 6. The number of alkyl carbamates (subject to hydrolysis) is 1. The number of aliphatic hydroxyl groups is 2.